The highest BCUT2D eigenvalue weighted by molar-refractivity contribution is 7.89. The van der Waals surface area contributed by atoms with E-state index in [0.717, 1.165) is 10.4 Å². The Kier molecular flexibility index (Phi) is 8.01. The topological polar surface area (TPSA) is 76.2 Å². The number of amides is 1. The van der Waals surface area contributed by atoms with Crippen molar-refractivity contribution in [3.05, 3.63) is 75.4 Å². The van der Waals surface area contributed by atoms with Crippen LogP contribution in [-0.2, 0) is 27.9 Å². The van der Waals surface area contributed by atoms with Gasteiger partial charge in [0.1, 0.15) is 0 Å². The zero-order valence-corrected chi connectivity index (χ0v) is 21.9. The van der Waals surface area contributed by atoms with Crippen LogP contribution in [-0.4, -0.2) is 43.4 Å². The summed E-state index contributed by atoms with van der Waals surface area (Å²) in [6, 6.07) is 15.4. The number of thiophene rings is 1. The molecule has 1 aliphatic heterocycles. The average Bonchev–Trinajstić information content (AvgIpc) is 3.49. The Hall–Kier alpha value is -2.59. The van der Waals surface area contributed by atoms with Gasteiger partial charge in [-0.1, -0.05) is 37.6 Å². The van der Waals surface area contributed by atoms with Gasteiger partial charge in [-0.15, -0.1) is 11.3 Å². The number of hydrogen-bond acceptors (Lipinski definition) is 6. The molecule has 2 heterocycles. The number of hydrogen-bond donors (Lipinski definition) is 0. The normalized spacial score (nSPS) is 12.9. The minimum absolute atomic E-state index is 0.0319. The highest BCUT2D eigenvalue weighted by Crippen LogP contribution is 2.33. The standard InChI is InChI=1S/C25H27ClN2O5S2/c1-18(2)13-28(35(30,31)22-8-6-20(26)7-9-22)16-25(29)27(15-21-4-3-11-34-21)14-19-5-10-23-24(12-19)33-17-32-23/h3-12,18H,13-17H2,1-2H3. The van der Waals surface area contributed by atoms with Gasteiger partial charge < -0.3 is 14.4 Å². The first-order valence-electron chi connectivity index (χ1n) is 11.2. The second-order valence-electron chi connectivity index (χ2n) is 8.66. The van der Waals surface area contributed by atoms with Gasteiger partial charge in [0.15, 0.2) is 11.5 Å². The zero-order valence-electron chi connectivity index (χ0n) is 19.5. The highest BCUT2D eigenvalue weighted by atomic mass is 35.5. The fourth-order valence-electron chi connectivity index (χ4n) is 3.74. The third-order valence-electron chi connectivity index (χ3n) is 5.42. The Labute approximate surface area is 214 Å². The molecule has 4 rings (SSSR count). The van der Waals surface area contributed by atoms with Gasteiger partial charge in [-0.25, -0.2) is 8.42 Å². The van der Waals surface area contributed by atoms with E-state index in [1.807, 2.05) is 49.6 Å². The van der Waals surface area contributed by atoms with Crippen LogP contribution < -0.4 is 9.47 Å². The molecule has 0 radical (unpaired) electrons. The molecule has 7 nitrogen and oxygen atoms in total. The molecule has 1 amide bonds. The quantitative estimate of drug-likeness (QED) is 0.365. The summed E-state index contributed by atoms with van der Waals surface area (Å²) in [5.74, 6) is 1.05. The van der Waals surface area contributed by atoms with Crippen LogP contribution >= 0.6 is 22.9 Å². The molecule has 0 saturated carbocycles. The number of carbonyl (C=O) groups is 1. The number of halogens is 1. The molecule has 1 aliphatic rings. The Balaban J connectivity index is 1.59. The first-order chi connectivity index (χ1) is 16.7. The summed E-state index contributed by atoms with van der Waals surface area (Å²) < 4.78 is 39.0. The molecule has 10 heteroatoms. The average molecular weight is 535 g/mol. The van der Waals surface area contributed by atoms with E-state index in [-0.39, 0.29) is 36.6 Å². The number of benzene rings is 2. The zero-order chi connectivity index (χ0) is 25.0. The predicted octanol–water partition coefficient (Wildman–Crippen LogP) is 5.01. The van der Waals surface area contributed by atoms with Crippen molar-refractivity contribution in [2.45, 2.75) is 31.8 Å². The summed E-state index contributed by atoms with van der Waals surface area (Å²) >= 11 is 7.50. The molecule has 1 aromatic heterocycles. The first kappa shape index (κ1) is 25.5. The monoisotopic (exact) mass is 534 g/mol. The van der Waals surface area contributed by atoms with Crippen molar-refractivity contribution in [1.29, 1.82) is 0 Å². The summed E-state index contributed by atoms with van der Waals surface area (Å²) in [6.07, 6.45) is 0. The van der Waals surface area contributed by atoms with Crippen LogP contribution in [0, 0.1) is 5.92 Å². The van der Waals surface area contributed by atoms with Crippen molar-refractivity contribution >= 4 is 38.9 Å². The fourth-order valence-corrected chi connectivity index (χ4v) is 6.14. The van der Waals surface area contributed by atoms with Gasteiger partial charge in [0.25, 0.3) is 0 Å². The molecule has 35 heavy (non-hydrogen) atoms. The van der Waals surface area contributed by atoms with Crippen LogP contribution in [0.15, 0.2) is 64.9 Å². The summed E-state index contributed by atoms with van der Waals surface area (Å²) in [5, 5.41) is 2.40. The minimum atomic E-state index is -3.89. The maximum atomic E-state index is 13.6. The lowest BCUT2D eigenvalue weighted by atomic mass is 10.2. The van der Waals surface area contributed by atoms with Crippen LogP contribution in [0.1, 0.15) is 24.3 Å². The molecule has 0 bridgehead atoms. The highest BCUT2D eigenvalue weighted by Gasteiger charge is 2.29. The molecule has 186 valence electrons. The lowest BCUT2D eigenvalue weighted by Crippen LogP contribution is -2.43. The lowest BCUT2D eigenvalue weighted by Gasteiger charge is -2.28. The Morgan fingerprint density at radius 3 is 2.49 bits per heavy atom. The van der Waals surface area contributed by atoms with Gasteiger partial charge in [-0.05, 0) is 59.3 Å². The third-order valence-corrected chi connectivity index (χ3v) is 8.36. The summed E-state index contributed by atoms with van der Waals surface area (Å²) in [6.45, 7) is 4.65. The predicted molar refractivity (Wildman–Crippen MR) is 136 cm³/mol. The molecule has 3 aromatic rings. The molecule has 0 unspecified atom stereocenters. The molecular formula is C25H27ClN2O5S2. The molecular weight excluding hydrogens is 508 g/mol. The summed E-state index contributed by atoms with van der Waals surface area (Å²) in [5.41, 5.74) is 0.870. The van der Waals surface area contributed by atoms with Gasteiger partial charge in [-0.3, -0.25) is 4.79 Å². The van der Waals surface area contributed by atoms with Crippen LogP contribution in [0.3, 0.4) is 0 Å². The van der Waals surface area contributed by atoms with Gasteiger partial charge in [0.05, 0.1) is 18.0 Å². The lowest BCUT2D eigenvalue weighted by molar-refractivity contribution is -0.132. The molecule has 0 N–H and O–H groups in total. The van der Waals surface area contributed by atoms with Crippen LogP contribution in [0.4, 0.5) is 0 Å². The van der Waals surface area contributed by atoms with E-state index in [9.17, 15) is 13.2 Å². The third kappa shape index (κ3) is 6.35. The second kappa shape index (κ2) is 11.0. The van der Waals surface area contributed by atoms with E-state index in [4.69, 9.17) is 21.1 Å². The number of ether oxygens (including phenoxy) is 2. The van der Waals surface area contributed by atoms with Crippen LogP contribution in [0.5, 0.6) is 11.5 Å². The van der Waals surface area contributed by atoms with Crippen molar-refractivity contribution < 1.29 is 22.7 Å². The van der Waals surface area contributed by atoms with Crippen LogP contribution in [0.25, 0.3) is 0 Å². The first-order valence-corrected chi connectivity index (χ1v) is 13.9. The fraction of sp³-hybridized carbons (Fsp3) is 0.320. The van der Waals surface area contributed by atoms with Gasteiger partial charge in [0.2, 0.25) is 22.7 Å². The maximum absolute atomic E-state index is 13.6. The van der Waals surface area contributed by atoms with Crippen molar-refractivity contribution in [3.63, 3.8) is 0 Å². The Morgan fingerprint density at radius 1 is 1.06 bits per heavy atom. The second-order valence-corrected chi connectivity index (χ2v) is 12.1. The van der Waals surface area contributed by atoms with Gasteiger partial charge in [-0.2, -0.15) is 4.31 Å². The van der Waals surface area contributed by atoms with Crippen molar-refractivity contribution in [3.8, 4) is 11.5 Å². The number of fused-ring (bicyclic) bond motifs is 1. The Bertz CT molecular complexity index is 1260. The smallest absolute Gasteiger partial charge is 0.243 e. The summed E-state index contributed by atoms with van der Waals surface area (Å²) in [7, 11) is -3.89. The molecule has 2 aromatic carbocycles. The molecule has 0 aliphatic carbocycles. The van der Waals surface area contributed by atoms with Gasteiger partial charge >= 0.3 is 0 Å². The van der Waals surface area contributed by atoms with E-state index in [1.54, 1.807) is 16.2 Å². The number of carbonyl (C=O) groups excluding carboxylic acids is 1. The minimum Gasteiger partial charge on any atom is -0.454 e. The summed E-state index contributed by atoms with van der Waals surface area (Å²) in [4.78, 5) is 16.4. The van der Waals surface area contributed by atoms with Crippen molar-refractivity contribution in [2.75, 3.05) is 19.9 Å². The molecule has 0 fully saturated rings. The van der Waals surface area contributed by atoms with E-state index in [0.29, 0.717) is 29.6 Å². The van der Waals surface area contributed by atoms with E-state index >= 15 is 0 Å². The largest absolute Gasteiger partial charge is 0.454 e. The molecule has 0 spiro atoms. The Morgan fingerprint density at radius 2 is 1.80 bits per heavy atom. The maximum Gasteiger partial charge on any atom is 0.243 e. The number of sulfonamides is 1. The van der Waals surface area contributed by atoms with Crippen LogP contribution in [0.2, 0.25) is 5.02 Å². The number of rotatable bonds is 10. The molecule has 0 saturated heterocycles. The van der Waals surface area contributed by atoms with E-state index < -0.39 is 10.0 Å². The van der Waals surface area contributed by atoms with E-state index in [2.05, 4.69) is 0 Å². The van der Waals surface area contributed by atoms with E-state index in [1.165, 1.54) is 28.6 Å². The number of nitrogens with zero attached hydrogens (tertiary/aromatic N) is 2. The van der Waals surface area contributed by atoms with Crippen molar-refractivity contribution in [1.82, 2.24) is 9.21 Å². The van der Waals surface area contributed by atoms with Gasteiger partial charge in [0, 0.05) is 23.0 Å². The molecule has 0 atom stereocenters. The SMILES string of the molecule is CC(C)CN(CC(=O)N(Cc1ccc2c(c1)OCO2)Cc1cccs1)S(=O)(=O)c1ccc(Cl)cc1. The van der Waals surface area contributed by atoms with Crippen molar-refractivity contribution in [2.24, 2.45) is 5.92 Å².